The molecule has 94 valence electrons. The quantitative estimate of drug-likeness (QED) is 0.829. The van der Waals surface area contributed by atoms with E-state index in [4.69, 9.17) is 9.47 Å². The van der Waals surface area contributed by atoms with E-state index in [0.29, 0.717) is 24.6 Å². The minimum atomic E-state index is -0.756. The maximum Gasteiger partial charge on any atom is 0.143 e. The molecule has 2 heterocycles. The second-order valence-electron chi connectivity index (χ2n) is 4.21. The highest BCUT2D eigenvalue weighted by atomic mass is 16.5. The molecule has 1 saturated heterocycles. The van der Waals surface area contributed by atoms with Gasteiger partial charge in [0.25, 0.3) is 0 Å². The first-order valence-corrected chi connectivity index (χ1v) is 5.69. The van der Waals surface area contributed by atoms with Crippen molar-refractivity contribution >= 4 is 0 Å². The van der Waals surface area contributed by atoms with E-state index in [1.54, 1.807) is 25.4 Å². The second-order valence-corrected chi connectivity index (χ2v) is 4.21. The van der Waals surface area contributed by atoms with Gasteiger partial charge in [0.15, 0.2) is 0 Å². The van der Waals surface area contributed by atoms with Crippen molar-refractivity contribution in [3.63, 3.8) is 0 Å². The van der Waals surface area contributed by atoms with Crippen molar-refractivity contribution in [2.24, 2.45) is 0 Å². The fourth-order valence-corrected chi connectivity index (χ4v) is 1.98. The molecule has 2 unspecified atom stereocenters. The summed E-state index contributed by atoms with van der Waals surface area (Å²) in [5.74, 6) is 0.594. The van der Waals surface area contributed by atoms with Crippen LogP contribution in [0.4, 0.5) is 0 Å². The van der Waals surface area contributed by atoms with E-state index in [-0.39, 0.29) is 6.10 Å². The molecule has 17 heavy (non-hydrogen) atoms. The zero-order valence-corrected chi connectivity index (χ0v) is 10.2. The number of aliphatic hydroxyl groups is 1. The van der Waals surface area contributed by atoms with Crippen LogP contribution >= 0.6 is 0 Å². The molecule has 2 rings (SSSR count). The Morgan fingerprint density at radius 1 is 1.65 bits per heavy atom. The van der Waals surface area contributed by atoms with Gasteiger partial charge in [-0.1, -0.05) is 0 Å². The van der Waals surface area contributed by atoms with Crippen molar-refractivity contribution in [2.75, 3.05) is 33.9 Å². The highest BCUT2D eigenvalue weighted by Gasteiger charge is 2.29. The SMILES string of the molecule is COc1cccnc1C(O)C1CN(C)CCO1. The highest BCUT2D eigenvalue weighted by molar-refractivity contribution is 5.29. The Bertz CT molecular complexity index is 373. The molecule has 0 aromatic carbocycles. The van der Waals surface area contributed by atoms with Gasteiger partial charge in [0.1, 0.15) is 23.7 Å². The molecule has 2 atom stereocenters. The average molecular weight is 238 g/mol. The summed E-state index contributed by atoms with van der Waals surface area (Å²) < 4.78 is 10.8. The fourth-order valence-electron chi connectivity index (χ4n) is 1.98. The third kappa shape index (κ3) is 2.74. The fraction of sp³-hybridized carbons (Fsp3) is 0.583. The maximum absolute atomic E-state index is 10.3. The molecule has 0 radical (unpaired) electrons. The molecule has 1 N–H and O–H groups in total. The summed E-state index contributed by atoms with van der Waals surface area (Å²) in [6.07, 6.45) is 0.639. The number of likely N-dealkylation sites (N-methyl/N-ethyl adjacent to an activating group) is 1. The van der Waals surface area contributed by atoms with E-state index < -0.39 is 6.10 Å². The molecular formula is C12H18N2O3. The van der Waals surface area contributed by atoms with Crippen LogP contribution in [-0.4, -0.2) is 54.9 Å². The third-order valence-electron chi connectivity index (χ3n) is 2.95. The largest absolute Gasteiger partial charge is 0.495 e. The van der Waals surface area contributed by atoms with Gasteiger partial charge >= 0.3 is 0 Å². The van der Waals surface area contributed by atoms with Crippen molar-refractivity contribution in [1.82, 2.24) is 9.88 Å². The van der Waals surface area contributed by atoms with Crippen molar-refractivity contribution in [3.8, 4) is 5.75 Å². The zero-order valence-electron chi connectivity index (χ0n) is 10.2. The smallest absolute Gasteiger partial charge is 0.143 e. The molecule has 0 bridgehead atoms. The topological polar surface area (TPSA) is 54.8 Å². The first-order chi connectivity index (χ1) is 8.22. The van der Waals surface area contributed by atoms with Gasteiger partial charge in [-0.05, 0) is 19.2 Å². The maximum atomic E-state index is 10.3. The van der Waals surface area contributed by atoms with Crippen molar-refractivity contribution < 1.29 is 14.6 Å². The number of pyridine rings is 1. The van der Waals surface area contributed by atoms with Crippen LogP contribution in [0.2, 0.25) is 0 Å². The third-order valence-corrected chi connectivity index (χ3v) is 2.95. The Kier molecular flexibility index (Phi) is 3.93. The average Bonchev–Trinajstić information content (AvgIpc) is 2.38. The summed E-state index contributed by atoms with van der Waals surface area (Å²) >= 11 is 0. The molecule has 0 amide bonds. The van der Waals surface area contributed by atoms with E-state index in [2.05, 4.69) is 9.88 Å². The van der Waals surface area contributed by atoms with E-state index in [1.807, 2.05) is 7.05 Å². The van der Waals surface area contributed by atoms with Crippen LogP contribution in [0.3, 0.4) is 0 Å². The van der Waals surface area contributed by atoms with Gasteiger partial charge < -0.3 is 19.5 Å². The number of aliphatic hydroxyl groups excluding tert-OH is 1. The van der Waals surface area contributed by atoms with Crippen molar-refractivity contribution in [1.29, 1.82) is 0 Å². The minimum Gasteiger partial charge on any atom is -0.495 e. The molecule has 1 fully saturated rings. The van der Waals surface area contributed by atoms with Gasteiger partial charge in [0.05, 0.1) is 13.7 Å². The molecule has 0 saturated carbocycles. The summed E-state index contributed by atoms with van der Waals surface area (Å²) in [4.78, 5) is 6.31. The van der Waals surface area contributed by atoms with Crippen LogP contribution in [0.1, 0.15) is 11.8 Å². The van der Waals surface area contributed by atoms with Gasteiger partial charge in [0.2, 0.25) is 0 Å². The number of ether oxygens (including phenoxy) is 2. The molecule has 1 aliphatic rings. The molecule has 5 heteroatoms. The summed E-state index contributed by atoms with van der Waals surface area (Å²) in [5.41, 5.74) is 0.537. The van der Waals surface area contributed by atoms with Gasteiger partial charge in [-0.2, -0.15) is 0 Å². The Hall–Kier alpha value is -1.17. The molecule has 0 aliphatic carbocycles. The summed E-state index contributed by atoms with van der Waals surface area (Å²) in [6, 6.07) is 3.57. The predicted molar refractivity (Wildman–Crippen MR) is 63.0 cm³/mol. The lowest BCUT2D eigenvalue weighted by atomic mass is 10.1. The molecule has 1 aromatic rings. The second kappa shape index (κ2) is 5.44. The van der Waals surface area contributed by atoms with Crippen LogP contribution in [0.5, 0.6) is 5.75 Å². The van der Waals surface area contributed by atoms with E-state index in [0.717, 1.165) is 6.54 Å². The Morgan fingerprint density at radius 2 is 2.47 bits per heavy atom. The lowest BCUT2D eigenvalue weighted by Gasteiger charge is -2.32. The molecule has 1 aromatic heterocycles. The Labute approximate surface area is 101 Å². The van der Waals surface area contributed by atoms with E-state index in [1.165, 1.54) is 0 Å². The van der Waals surface area contributed by atoms with Crippen molar-refractivity contribution in [2.45, 2.75) is 12.2 Å². The lowest BCUT2D eigenvalue weighted by molar-refractivity contribution is -0.0862. The standard InChI is InChI=1S/C12H18N2O3/c1-14-6-7-17-10(8-14)12(15)11-9(16-2)4-3-5-13-11/h3-5,10,12,15H,6-8H2,1-2H3. The van der Waals surface area contributed by atoms with Crippen molar-refractivity contribution in [3.05, 3.63) is 24.0 Å². The van der Waals surface area contributed by atoms with Gasteiger partial charge in [-0.15, -0.1) is 0 Å². The zero-order chi connectivity index (χ0) is 12.3. The molecular weight excluding hydrogens is 220 g/mol. The number of morpholine rings is 1. The van der Waals surface area contributed by atoms with Crippen LogP contribution in [0.25, 0.3) is 0 Å². The first kappa shape index (κ1) is 12.3. The normalized spacial score (nSPS) is 23.4. The summed E-state index contributed by atoms with van der Waals surface area (Å²) in [7, 11) is 3.58. The number of aromatic nitrogens is 1. The molecule has 0 spiro atoms. The van der Waals surface area contributed by atoms with Crippen LogP contribution < -0.4 is 4.74 Å². The van der Waals surface area contributed by atoms with Gasteiger partial charge in [-0.3, -0.25) is 4.98 Å². The number of hydrogen-bond donors (Lipinski definition) is 1. The number of nitrogens with zero attached hydrogens (tertiary/aromatic N) is 2. The Morgan fingerprint density at radius 3 is 3.18 bits per heavy atom. The number of methoxy groups -OCH3 is 1. The lowest BCUT2D eigenvalue weighted by Crippen LogP contribution is -2.43. The molecule has 1 aliphatic heterocycles. The van der Waals surface area contributed by atoms with Gasteiger partial charge in [0, 0.05) is 19.3 Å². The first-order valence-electron chi connectivity index (χ1n) is 5.69. The van der Waals surface area contributed by atoms with Crippen LogP contribution in [0, 0.1) is 0 Å². The minimum absolute atomic E-state index is 0.252. The highest BCUT2D eigenvalue weighted by Crippen LogP contribution is 2.27. The summed E-state index contributed by atoms with van der Waals surface area (Å²) in [6.45, 7) is 2.22. The number of rotatable bonds is 3. The molecule has 5 nitrogen and oxygen atoms in total. The van der Waals surface area contributed by atoms with Crippen LogP contribution in [0.15, 0.2) is 18.3 Å². The van der Waals surface area contributed by atoms with E-state index in [9.17, 15) is 5.11 Å². The Balaban J connectivity index is 2.15. The monoisotopic (exact) mass is 238 g/mol. The van der Waals surface area contributed by atoms with Crippen LogP contribution in [-0.2, 0) is 4.74 Å². The van der Waals surface area contributed by atoms with Gasteiger partial charge in [-0.25, -0.2) is 0 Å². The van der Waals surface area contributed by atoms with E-state index >= 15 is 0 Å². The number of hydrogen-bond acceptors (Lipinski definition) is 5. The summed E-state index contributed by atoms with van der Waals surface area (Å²) in [5, 5.41) is 10.3. The predicted octanol–water partition coefficient (Wildman–Crippen LogP) is 0.454.